The highest BCUT2D eigenvalue weighted by Gasteiger charge is 2.08. The maximum atomic E-state index is 5.99. The van der Waals surface area contributed by atoms with Crippen molar-refractivity contribution in [1.82, 2.24) is 9.97 Å². The van der Waals surface area contributed by atoms with Gasteiger partial charge in [0.05, 0.1) is 24.4 Å². The lowest BCUT2D eigenvalue weighted by atomic mass is 10.1. The zero-order valence-corrected chi connectivity index (χ0v) is 15.9. The summed E-state index contributed by atoms with van der Waals surface area (Å²) >= 11 is 7.29. The third-order valence-electron chi connectivity index (χ3n) is 3.72. The second-order valence-corrected chi connectivity index (χ2v) is 6.78. The van der Waals surface area contributed by atoms with E-state index in [-0.39, 0.29) is 0 Å². The number of benzene rings is 1. The Balaban J connectivity index is 1.70. The van der Waals surface area contributed by atoms with Gasteiger partial charge < -0.3 is 15.8 Å². The van der Waals surface area contributed by atoms with Crippen molar-refractivity contribution in [2.75, 3.05) is 12.4 Å². The van der Waals surface area contributed by atoms with Crippen LogP contribution in [0.25, 0.3) is 11.4 Å². The number of guanidine groups is 1. The Morgan fingerprint density at radius 3 is 2.88 bits per heavy atom. The lowest BCUT2D eigenvalue weighted by molar-refractivity contribution is 0.409. The molecular weight excluding hydrogens is 370 g/mol. The van der Waals surface area contributed by atoms with E-state index in [0.29, 0.717) is 22.7 Å². The van der Waals surface area contributed by atoms with Crippen molar-refractivity contribution in [3.63, 3.8) is 0 Å². The van der Waals surface area contributed by atoms with Crippen molar-refractivity contribution in [2.24, 2.45) is 10.7 Å². The van der Waals surface area contributed by atoms with E-state index in [9.17, 15) is 0 Å². The number of aryl methyl sites for hydroxylation is 1. The molecule has 0 bridgehead atoms. The van der Waals surface area contributed by atoms with Gasteiger partial charge in [-0.05, 0) is 30.7 Å². The first kappa shape index (κ1) is 18.2. The first-order valence-electron chi connectivity index (χ1n) is 7.83. The molecule has 0 aliphatic rings. The molecule has 0 amide bonds. The number of nitrogens with two attached hydrogens (primary N) is 1. The molecule has 0 saturated heterocycles. The minimum Gasteiger partial charge on any atom is -0.496 e. The molecule has 134 valence electrons. The van der Waals surface area contributed by atoms with Gasteiger partial charge in [-0.3, -0.25) is 4.98 Å². The van der Waals surface area contributed by atoms with Crippen LogP contribution in [-0.2, 0) is 6.54 Å². The predicted molar refractivity (Wildman–Crippen MR) is 107 cm³/mol. The van der Waals surface area contributed by atoms with E-state index in [4.69, 9.17) is 22.1 Å². The Kier molecular flexibility index (Phi) is 5.70. The molecule has 0 saturated carbocycles. The second-order valence-electron chi connectivity index (χ2n) is 5.48. The second kappa shape index (κ2) is 8.16. The summed E-state index contributed by atoms with van der Waals surface area (Å²) in [5.41, 5.74) is 9.60. The number of pyridine rings is 1. The smallest absolute Gasteiger partial charge is 0.195 e. The lowest BCUT2D eigenvalue weighted by Gasteiger charge is -2.09. The standard InChI is InChI=1S/C18H18ClN5OS/c1-11-4-3-5-16(25-2)13(11)9-22-17(20)24-18-23-15(10-26-18)14-7-6-12(19)8-21-14/h3-8,10H,9H2,1-2H3,(H3,20,22,23,24). The van der Waals surface area contributed by atoms with Crippen LogP contribution in [0.5, 0.6) is 5.75 Å². The number of ether oxygens (including phenoxy) is 1. The summed E-state index contributed by atoms with van der Waals surface area (Å²) in [6, 6.07) is 9.48. The summed E-state index contributed by atoms with van der Waals surface area (Å²) < 4.78 is 5.38. The summed E-state index contributed by atoms with van der Waals surface area (Å²) in [5, 5.41) is 6.15. The van der Waals surface area contributed by atoms with Crippen molar-refractivity contribution in [3.8, 4) is 17.1 Å². The average molecular weight is 388 g/mol. The van der Waals surface area contributed by atoms with E-state index in [1.54, 1.807) is 19.4 Å². The summed E-state index contributed by atoms with van der Waals surface area (Å²) in [5.74, 6) is 1.09. The highest BCUT2D eigenvalue weighted by molar-refractivity contribution is 7.14. The number of aromatic nitrogens is 2. The molecule has 2 aromatic heterocycles. The van der Waals surface area contributed by atoms with Gasteiger partial charge in [-0.1, -0.05) is 23.7 Å². The first-order valence-corrected chi connectivity index (χ1v) is 9.09. The van der Waals surface area contributed by atoms with Gasteiger partial charge in [0.25, 0.3) is 0 Å². The van der Waals surface area contributed by atoms with Crippen LogP contribution in [-0.4, -0.2) is 23.0 Å². The molecule has 8 heteroatoms. The summed E-state index contributed by atoms with van der Waals surface area (Å²) in [6.45, 7) is 2.44. The Morgan fingerprint density at radius 2 is 2.15 bits per heavy atom. The Morgan fingerprint density at radius 1 is 1.31 bits per heavy atom. The van der Waals surface area contributed by atoms with Gasteiger partial charge in [0.1, 0.15) is 11.4 Å². The number of nitrogens with one attached hydrogen (secondary N) is 1. The number of rotatable bonds is 5. The van der Waals surface area contributed by atoms with Crippen LogP contribution in [0.1, 0.15) is 11.1 Å². The minimum absolute atomic E-state index is 0.292. The third kappa shape index (κ3) is 4.30. The SMILES string of the molecule is COc1cccc(C)c1CN=C(N)Nc1nc(-c2ccc(Cl)cn2)cs1. The van der Waals surface area contributed by atoms with Crippen LogP contribution >= 0.6 is 22.9 Å². The molecule has 3 N–H and O–H groups in total. The zero-order chi connectivity index (χ0) is 18.5. The van der Waals surface area contributed by atoms with E-state index in [0.717, 1.165) is 28.3 Å². The van der Waals surface area contributed by atoms with E-state index >= 15 is 0 Å². The van der Waals surface area contributed by atoms with Crippen LogP contribution in [0.2, 0.25) is 5.02 Å². The van der Waals surface area contributed by atoms with Crippen molar-refractivity contribution in [1.29, 1.82) is 0 Å². The fraction of sp³-hybridized carbons (Fsp3) is 0.167. The number of methoxy groups -OCH3 is 1. The summed E-state index contributed by atoms with van der Waals surface area (Å²) in [6.07, 6.45) is 1.59. The van der Waals surface area contributed by atoms with Crippen molar-refractivity contribution >= 4 is 34.0 Å². The monoisotopic (exact) mass is 387 g/mol. The number of hydrogen-bond donors (Lipinski definition) is 2. The van der Waals surface area contributed by atoms with Crippen LogP contribution in [0.15, 0.2) is 46.9 Å². The summed E-state index contributed by atoms with van der Waals surface area (Å²) in [7, 11) is 1.64. The van der Waals surface area contributed by atoms with Crippen molar-refractivity contribution in [2.45, 2.75) is 13.5 Å². The molecule has 0 aliphatic carbocycles. The van der Waals surface area contributed by atoms with Gasteiger partial charge >= 0.3 is 0 Å². The number of aliphatic imine (C=N–C) groups is 1. The molecular formula is C18H18ClN5OS. The fourth-order valence-corrected chi connectivity index (χ4v) is 3.18. The molecule has 0 fully saturated rings. The molecule has 0 aliphatic heterocycles. The Hall–Kier alpha value is -2.64. The lowest BCUT2D eigenvalue weighted by Crippen LogP contribution is -2.22. The van der Waals surface area contributed by atoms with Crippen molar-refractivity contribution < 1.29 is 4.74 Å². The zero-order valence-electron chi connectivity index (χ0n) is 14.4. The highest BCUT2D eigenvalue weighted by Crippen LogP contribution is 2.25. The molecule has 0 atom stereocenters. The molecule has 0 spiro atoms. The van der Waals surface area contributed by atoms with E-state index in [1.807, 2.05) is 36.6 Å². The molecule has 2 heterocycles. The van der Waals surface area contributed by atoms with E-state index < -0.39 is 0 Å². The molecule has 6 nitrogen and oxygen atoms in total. The highest BCUT2D eigenvalue weighted by atomic mass is 35.5. The maximum Gasteiger partial charge on any atom is 0.195 e. The molecule has 0 unspecified atom stereocenters. The third-order valence-corrected chi connectivity index (χ3v) is 4.70. The topological polar surface area (TPSA) is 85.4 Å². The van der Waals surface area contributed by atoms with E-state index in [2.05, 4.69) is 20.3 Å². The molecule has 1 aromatic carbocycles. The normalized spacial score (nSPS) is 11.4. The summed E-state index contributed by atoms with van der Waals surface area (Å²) in [4.78, 5) is 13.1. The quantitative estimate of drug-likeness (QED) is 0.508. The number of anilines is 1. The number of hydrogen-bond acceptors (Lipinski definition) is 5. The van der Waals surface area contributed by atoms with Crippen LogP contribution in [0.3, 0.4) is 0 Å². The van der Waals surface area contributed by atoms with E-state index in [1.165, 1.54) is 11.3 Å². The largest absolute Gasteiger partial charge is 0.496 e. The van der Waals surface area contributed by atoms with Gasteiger partial charge in [0, 0.05) is 17.1 Å². The van der Waals surface area contributed by atoms with Crippen LogP contribution in [0.4, 0.5) is 5.13 Å². The van der Waals surface area contributed by atoms with Crippen molar-refractivity contribution in [3.05, 3.63) is 58.1 Å². The first-order chi connectivity index (χ1) is 12.6. The molecule has 0 radical (unpaired) electrons. The molecule has 3 aromatic rings. The van der Waals surface area contributed by atoms with Gasteiger partial charge in [-0.25, -0.2) is 9.98 Å². The Labute approximate surface area is 160 Å². The van der Waals surface area contributed by atoms with Crippen LogP contribution in [0, 0.1) is 6.92 Å². The Bertz CT molecular complexity index is 924. The van der Waals surface area contributed by atoms with Gasteiger partial charge in [0.15, 0.2) is 11.1 Å². The van der Waals surface area contributed by atoms with Gasteiger partial charge in [-0.15, -0.1) is 11.3 Å². The van der Waals surface area contributed by atoms with Gasteiger partial charge in [-0.2, -0.15) is 0 Å². The molecule has 26 heavy (non-hydrogen) atoms. The number of thiazole rings is 1. The molecule has 3 rings (SSSR count). The number of nitrogens with zero attached hydrogens (tertiary/aromatic N) is 3. The maximum absolute atomic E-state index is 5.99. The predicted octanol–water partition coefficient (Wildman–Crippen LogP) is 4.10. The van der Waals surface area contributed by atoms with Crippen LogP contribution < -0.4 is 15.8 Å². The minimum atomic E-state index is 0.292. The van der Waals surface area contributed by atoms with Gasteiger partial charge in [0.2, 0.25) is 0 Å². The average Bonchev–Trinajstić information content (AvgIpc) is 3.09. The fourth-order valence-electron chi connectivity index (χ4n) is 2.36. The number of halogens is 1.